The van der Waals surface area contributed by atoms with Crippen LogP contribution in [0.15, 0.2) is 48.2 Å². The monoisotopic (exact) mass is 458 g/mol. The molecule has 4 amide bonds. The van der Waals surface area contributed by atoms with E-state index in [0.717, 1.165) is 4.90 Å². The zero-order chi connectivity index (χ0) is 22.7. The van der Waals surface area contributed by atoms with Crippen LogP contribution in [0.25, 0.3) is 6.08 Å². The highest BCUT2D eigenvalue weighted by molar-refractivity contribution is 6.30. The summed E-state index contributed by atoms with van der Waals surface area (Å²) in [5, 5.41) is 5.54. The predicted octanol–water partition coefficient (Wildman–Crippen LogP) is 2.85. The van der Waals surface area contributed by atoms with Gasteiger partial charge < -0.3 is 20.3 Å². The summed E-state index contributed by atoms with van der Waals surface area (Å²) in [5.74, 6) is -1.64. The lowest BCUT2D eigenvalue weighted by Gasteiger charge is -2.29. The Balaban J connectivity index is 1.43. The molecule has 32 heavy (non-hydrogen) atoms. The van der Waals surface area contributed by atoms with Crippen molar-refractivity contribution in [3.63, 3.8) is 0 Å². The van der Waals surface area contributed by atoms with Gasteiger partial charge in [0.1, 0.15) is 18.1 Å². The molecule has 0 saturated carbocycles. The minimum Gasteiger partial charge on any atom is -0.378 e. The van der Waals surface area contributed by atoms with Crippen LogP contribution in [0.2, 0.25) is 5.02 Å². The summed E-state index contributed by atoms with van der Waals surface area (Å²) >= 11 is 5.81. The quantitative estimate of drug-likeness (QED) is 0.531. The number of nitrogens with one attached hydrogen (secondary N) is 2. The van der Waals surface area contributed by atoms with Gasteiger partial charge in [-0.2, -0.15) is 0 Å². The molecular formula is C22H20ClFN4O4. The molecule has 10 heteroatoms. The molecule has 0 aromatic heterocycles. The number of anilines is 2. The van der Waals surface area contributed by atoms with Gasteiger partial charge in [0.2, 0.25) is 5.91 Å². The molecule has 4 rings (SSSR count). The standard InChI is InChI=1S/C22H20ClFN4O4/c23-15-2-4-16(5-3-15)25-20(29)13-28-21(30)18(26-22(28)31)12-14-1-6-19(17(24)11-14)27-7-9-32-10-8-27/h1-6,11-12H,7-10,13H2,(H,25,29)(H,26,31)/b18-12-. The molecule has 8 nitrogen and oxygen atoms in total. The Morgan fingerprint density at radius 3 is 2.56 bits per heavy atom. The fraction of sp³-hybridized carbons (Fsp3) is 0.227. The number of ether oxygens (including phenoxy) is 1. The summed E-state index contributed by atoms with van der Waals surface area (Å²) in [4.78, 5) is 39.7. The van der Waals surface area contributed by atoms with E-state index in [1.54, 1.807) is 36.4 Å². The zero-order valence-electron chi connectivity index (χ0n) is 16.9. The molecular weight excluding hydrogens is 439 g/mol. The van der Waals surface area contributed by atoms with E-state index in [9.17, 15) is 18.8 Å². The normalized spacial score (nSPS) is 17.6. The fourth-order valence-corrected chi connectivity index (χ4v) is 3.56. The van der Waals surface area contributed by atoms with Gasteiger partial charge in [0.25, 0.3) is 5.91 Å². The van der Waals surface area contributed by atoms with Gasteiger partial charge in [0.15, 0.2) is 0 Å². The average molecular weight is 459 g/mol. The molecule has 2 heterocycles. The maximum atomic E-state index is 14.6. The van der Waals surface area contributed by atoms with Crippen molar-refractivity contribution in [2.75, 3.05) is 43.1 Å². The number of imide groups is 1. The van der Waals surface area contributed by atoms with Crippen LogP contribution in [0.3, 0.4) is 0 Å². The number of rotatable bonds is 5. The van der Waals surface area contributed by atoms with Crippen molar-refractivity contribution in [2.45, 2.75) is 0 Å². The van der Waals surface area contributed by atoms with E-state index in [0.29, 0.717) is 48.3 Å². The largest absolute Gasteiger partial charge is 0.378 e. The molecule has 0 unspecified atom stereocenters. The summed E-state index contributed by atoms with van der Waals surface area (Å²) < 4.78 is 19.9. The molecule has 2 aromatic rings. The number of hydrogen-bond acceptors (Lipinski definition) is 5. The van der Waals surface area contributed by atoms with Gasteiger partial charge in [-0.15, -0.1) is 0 Å². The van der Waals surface area contributed by atoms with Crippen LogP contribution in [0.4, 0.5) is 20.6 Å². The van der Waals surface area contributed by atoms with E-state index in [-0.39, 0.29) is 5.70 Å². The number of nitrogens with zero attached hydrogens (tertiary/aromatic N) is 2. The second kappa shape index (κ2) is 9.37. The maximum absolute atomic E-state index is 14.6. The minimum atomic E-state index is -0.724. The predicted molar refractivity (Wildman–Crippen MR) is 118 cm³/mol. The summed E-state index contributed by atoms with van der Waals surface area (Å²) in [6.45, 7) is 1.80. The Hall–Kier alpha value is -3.43. The van der Waals surface area contributed by atoms with Gasteiger partial charge in [0, 0.05) is 23.8 Å². The van der Waals surface area contributed by atoms with Crippen molar-refractivity contribution in [1.29, 1.82) is 0 Å². The van der Waals surface area contributed by atoms with Crippen molar-refractivity contribution in [3.8, 4) is 0 Å². The van der Waals surface area contributed by atoms with Crippen LogP contribution in [-0.2, 0) is 14.3 Å². The summed E-state index contributed by atoms with van der Waals surface area (Å²) in [6, 6.07) is 10.3. The Morgan fingerprint density at radius 1 is 1.16 bits per heavy atom. The fourth-order valence-electron chi connectivity index (χ4n) is 3.43. The van der Waals surface area contributed by atoms with Gasteiger partial charge in [-0.3, -0.25) is 9.59 Å². The second-order valence-electron chi connectivity index (χ2n) is 7.24. The topological polar surface area (TPSA) is 91.0 Å². The molecule has 2 aliphatic rings. The van der Waals surface area contributed by atoms with Crippen LogP contribution in [0, 0.1) is 5.82 Å². The molecule has 0 aliphatic carbocycles. The molecule has 0 atom stereocenters. The first-order valence-electron chi connectivity index (χ1n) is 9.93. The number of morpholine rings is 1. The van der Waals surface area contributed by atoms with Crippen LogP contribution in [-0.4, -0.2) is 55.6 Å². The Labute approximate surface area is 188 Å². The van der Waals surface area contributed by atoms with Crippen molar-refractivity contribution in [2.24, 2.45) is 0 Å². The molecule has 0 bridgehead atoms. The first kappa shape index (κ1) is 21.8. The lowest BCUT2D eigenvalue weighted by atomic mass is 10.1. The minimum absolute atomic E-state index is 0.0344. The van der Waals surface area contributed by atoms with Gasteiger partial charge in [-0.05, 0) is 48.0 Å². The summed E-state index contributed by atoms with van der Waals surface area (Å²) in [6.07, 6.45) is 1.38. The SMILES string of the molecule is O=C(CN1C(=O)N/C(=C\c2ccc(N3CCOCC3)c(F)c2)C1=O)Nc1ccc(Cl)cc1. The molecule has 166 valence electrons. The van der Waals surface area contributed by atoms with E-state index in [1.807, 2.05) is 4.90 Å². The number of hydrogen-bond donors (Lipinski definition) is 2. The van der Waals surface area contributed by atoms with Crippen LogP contribution < -0.4 is 15.5 Å². The van der Waals surface area contributed by atoms with E-state index in [4.69, 9.17) is 16.3 Å². The number of benzene rings is 2. The first-order valence-corrected chi connectivity index (χ1v) is 10.3. The van der Waals surface area contributed by atoms with Crippen LogP contribution in [0.1, 0.15) is 5.56 Å². The molecule has 2 fully saturated rings. The van der Waals surface area contributed by atoms with Gasteiger partial charge in [0.05, 0.1) is 18.9 Å². The molecule has 2 aliphatic heterocycles. The highest BCUT2D eigenvalue weighted by Crippen LogP contribution is 2.23. The van der Waals surface area contributed by atoms with E-state index in [2.05, 4.69) is 10.6 Å². The van der Waals surface area contributed by atoms with E-state index < -0.39 is 30.2 Å². The number of carbonyl (C=O) groups excluding carboxylic acids is 3. The van der Waals surface area contributed by atoms with Gasteiger partial charge >= 0.3 is 6.03 Å². The van der Waals surface area contributed by atoms with Crippen molar-refractivity contribution < 1.29 is 23.5 Å². The number of halogens is 2. The highest BCUT2D eigenvalue weighted by Gasteiger charge is 2.35. The van der Waals surface area contributed by atoms with Crippen LogP contribution >= 0.6 is 11.6 Å². The third kappa shape index (κ3) is 4.90. The van der Waals surface area contributed by atoms with Crippen molar-refractivity contribution in [3.05, 3.63) is 64.6 Å². The molecule has 2 saturated heterocycles. The highest BCUT2D eigenvalue weighted by atomic mass is 35.5. The molecule has 0 radical (unpaired) electrons. The van der Waals surface area contributed by atoms with Crippen molar-refractivity contribution >= 4 is 46.9 Å². The van der Waals surface area contributed by atoms with E-state index >= 15 is 0 Å². The van der Waals surface area contributed by atoms with Gasteiger partial charge in [-0.25, -0.2) is 14.1 Å². The molecule has 2 aromatic carbocycles. The molecule has 2 N–H and O–H groups in total. The number of carbonyl (C=O) groups is 3. The third-order valence-corrected chi connectivity index (χ3v) is 5.28. The zero-order valence-corrected chi connectivity index (χ0v) is 17.7. The summed E-state index contributed by atoms with van der Waals surface area (Å²) in [5.41, 5.74) is 1.32. The number of urea groups is 1. The molecule has 0 spiro atoms. The smallest absolute Gasteiger partial charge is 0.329 e. The Morgan fingerprint density at radius 2 is 1.88 bits per heavy atom. The number of amides is 4. The average Bonchev–Trinajstić information content (AvgIpc) is 3.03. The lowest BCUT2D eigenvalue weighted by molar-refractivity contribution is -0.127. The first-order chi connectivity index (χ1) is 15.4. The lowest BCUT2D eigenvalue weighted by Crippen LogP contribution is -2.38. The third-order valence-electron chi connectivity index (χ3n) is 5.03. The Bertz CT molecular complexity index is 1080. The summed E-state index contributed by atoms with van der Waals surface area (Å²) in [7, 11) is 0. The van der Waals surface area contributed by atoms with Crippen molar-refractivity contribution in [1.82, 2.24) is 10.2 Å². The maximum Gasteiger partial charge on any atom is 0.329 e. The van der Waals surface area contributed by atoms with E-state index in [1.165, 1.54) is 12.1 Å². The Kier molecular flexibility index (Phi) is 6.38. The van der Waals surface area contributed by atoms with Gasteiger partial charge in [-0.1, -0.05) is 17.7 Å². The van der Waals surface area contributed by atoms with Crippen LogP contribution in [0.5, 0.6) is 0 Å². The second-order valence-corrected chi connectivity index (χ2v) is 7.68.